The first kappa shape index (κ1) is 118. The van der Waals surface area contributed by atoms with Gasteiger partial charge >= 0.3 is 11.9 Å². The molecule has 2 unspecified atom stereocenters. The third kappa shape index (κ3) is 24.9. The molecule has 0 aromatic heterocycles. The molecule has 0 aliphatic carbocycles. The van der Waals surface area contributed by atoms with Gasteiger partial charge in [0, 0.05) is 0 Å². The molecule has 0 amide bonds. The first-order valence-corrected chi connectivity index (χ1v) is 47.2. The topological polar surface area (TPSA) is 980 Å². The van der Waals surface area contributed by atoms with Crippen LogP contribution in [0.4, 0.5) is 0 Å². The Morgan fingerprint density at radius 2 is 0.308 bits per heavy atom. The Hall–Kier alpha value is -3.46. The van der Waals surface area contributed by atoms with E-state index in [-0.39, 0.29) is 0 Å². The van der Waals surface area contributed by atoms with Crippen molar-refractivity contribution >= 4 is 11.9 Å². The van der Waals surface area contributed by atoms with Gasteiger partial charge in [-0.25, -0.2) is 0 Å². The predicted octanol–water partition coefficient (Wildman–Crippen LogP) is -24.4. The number of ether oxygens (including phenoxy) is 28. The van der Waals surface area contributed by atoms with Crippen LogP contribution in [0.15, 0.2) is 0 Å². The van der Waals surface area contributed by atoms with Gasteiger partial charge in [-0.15, -0.1) is 0 Å². The number of esters is 2. The fraction of sp³-hybridized carbons (Fsp3) is 0.976. The zero-order chi connectivity index (χ0) is 106. The molecule has 24 bridgehead atoms. The van der Waals surface area contributed by atoms with Crippen LogP contribution in [0.1, 0.15) is 26.7 Å². The molecule has 34 N–H and O–H groups in total. The fourth-order valence-electron chi connectivity index (χ4n) is 19.6. The van der Waals surface area contributed by atoms with Crippen molar-refractivity contribution in [2.75, 3.05) is 92.5 Å². The maximum absolute atomic E-state index is 14.9. The van der Waals surface area contributed by atoms with E-state index in [0.29, 0.717) is 0 Å². The van der Waals surface area contributed by atoms with Crippen molar-refractivity contribution in [2.24, 2.45) is 0 Å². The van der Waals surface area contributed by atoms with Crippen molar-refractivity contribution < 1.29 is 316 Å². The van der Waals surface area contributed by atoms with Crippen LogP contribution < -0.4 is 0 Å². The Morgan fingerprint density at radius 1 is 0.185 bits per heavy atom. The van der Waals surface area contributed by atoms with Gasteiger partial charge in [-0.1, -0.05) is 0 Å². The second-order valence-corrected chi connectivity index (χ2v) is 37.4. The molecule has 44 heterocycles. The summed E-state index contributed by atoms with van der Waals surface area (Å²) < 4.78 is 166. The second kappa shape index (κ2) is 51.7. The van der Waals surface area contributed by atoms with E-state index in [4.69, 9.17) is 133 Å². The minimum Gasteiger partial charge on any atom is -0.456 e. The van der Waals surface area contributed by atoms with Gasteiger partial charge in [0.2, 0.25) is 0 Å². The summed E-state index contributed by atoms with van der Waals surface area (Å²) >= 11 is 0. The third-order valence-electron chi connectivity index (χ3n) is 27.4. The summed E-state index contributed by atoms with van der Waals surface area (Å²) in [6, 6.07) is 0. The highest BCUT2D eigenvalue weighted by atomic mass is 16.8. The van der Waals surface area contributed by atoms with Crippen molar-refractivity contribution in [3.05, 3.63) is 0 Å². The molecule has 64 nitrogen and oxygen atoms in total. The van der Waals surface area contributed by atoms with Gasteiger partial charge in [-0.05, 0) is 13.8 Å². The monoisotopic (exact) mass is 2140 g/mol. The van der Waals surface area contributed by atoms with E-state index in [0.717, 1.165) is 0 Å². The highest BCUT2D eigenvalue weighted by Gasteiger charge is 2.65. The number of rotatable bonds is 23. The van der Waals surface area contributed by atoms with E-state index in [1.54, 1.807) is 0 Å². The van der Waals surface area contributed by atoms with E-state index in [9.17, 15) is 183 Å². The van der Waals surface area contributed by atoms with E-state index >= 15 is 0 Å². The lowest BCUT2D eigenvalue weighted by Gasteiger charge is -2.51. The van der Waals surface area contributed by atoms with Gasteiger partial charge in [0.25, 0.3) is 0 Å². The molecule has 44 rings (SSSR count). The molecule has 44 aliphatic rings. The molecular weight excluding hydrogens is 2010 g/mol. The summed E-state index contributed by atoms with van der Waals surface area (Å²) in [6.45, 7) is -13.8. The first-order chi connectivity index (χ1) is 69.6. The molecule has 146 heavy (non-hydrogen) atoms. The molecule has 44 saturated heterocycles. The summed E-state index contributed by atoms with van der Waals surface area (Å²) in [7, 11) is 0. The lowest BCUT2D eigenvalue weighted by molar-refractivity contribution is -0.405. The lowest BCUT2D eigenvalue weighted by Crippen LogP contribution is -2.69. The fourth-order valence-corrected chi connectivity index (χ4v) is 19.6. The molecule has 0 radical (unpaired) electrons. The summed E-state index contributed by atoms with van der Waals surface area (Å²) in [5.74, 6) is -3.33. The minimum atomic E-state index is -2.66. The quantitative estimate of drug-likeness (QED) is 0.0422. The van der Waals surface area contributed by atoms with Crippen molar-refractivity contribution in [3.8, 4) is 0 Å². The Bertz CT molecular complexity index is 3710. The van der Waals surface area contributed by atoms with Crippen molar-refractivity contribution in [2.45, 2.75) is 407 Å². The number of carbonyl (C=O) groups excluding carboxylic acids is 2. The predicted molar refractivity (Wildman–Crippen MR) is 439 cm³/mol. The van der Waals surface area contributed by atoms with Crippen LogP contribution in [0, 0.1) is 0 Å². The smallest absolute Gasteiger partial charge is 0.306 e. The first-order valence-electron chi connectivity index (χ1n) is 47.2. The molecule has 0 aromatic carbocycles. The number of hydrogen-bond acceptors (Lipinski definition) is 64. The summed E-state index contributed by atoms with van der Waals surface area (Å²) in [5.41, 5.74) is 0. The van der Waals surface area contributed by atoms with E-state index < -0.39 is 498 Å². The van der Waals surface area contributed by atoms with Crippen LogP contribution >= 0.6 is 0 Å². The van der Waals surface area contributed by atoms with Gasteiger partial charge in [-0.2, -0.15) is 0 Å². The largest absolute Gasteiger partial charge is 0.456 e. The van der Waals surface area contributed by atoms with Gasteiger partial charge < -0.3 is 306 Å². The van der Waals surface area contributed by atoms with Gasteiger partial charge in [-0.3, -0.25) is 9.59 Å². The van der Waals surface area contributed by atoms with E-state index in [1.807, 2.05) is 0 Å². The molecule has 64 heteroatoms. The summed E-state index contributed by atoms with van der Waals surface area (Å²) in [5, 5.41) is 390. The maximum atomic E-state index is 14.9. The SMILES string of the molecule is CC(O)CO[C@@H]1[C@@H](O)[C@H]2O[C@H]3[C@H](O)[C@@H](O)[C@@H](O[C@H]4[C@H](O)[C@@H](O)[C@@H](O[C@H]5[C@H](O)[C@@H](O)[C@@H](O[C@H]6[C@H](O)[C@@H](O)[C@@H](O[C@@H]7[C@H](OC(=O)CCC(=O)O[C@@H]8[C@@H](O)[C@H]9O[C@@H]%10[C@H](OCC(C)O)[C@@H](O)[C@@H](O[C@H]%11[C@H](O)[C@@H](O)[C@@H](O[C@H]%12[C@H](O)[C@@H](O)[C@@H](O[C@H]%13[C@H](O)[C@@H](O)[C@@H](O[C@H]%14[C@H](O)[C@@H](O)[C@@H](O[C@H]8[C@@H](CO)O9)O[C@@H]%14CO)O[C@@H]%13CO)O[C@@H]%12CO)O[C@@H]%11CO)O[C@@H]%10CO)[C@@H](O)[C@@H](O[C@H]1[C@@H](CO)O2)O[C@@H]7CO)O[C@@H]6CO)O[C@@H]5CO)O[C@@H]4CO)O[C@@H]3CO. The standard InChI is InChI=1S/C82H134O64/c1-19(95)17-119-67-51(115)79-129-29(13-91)63(67)143-81-53(117)69(65(31(15-93)131-81)145-77-49(113)41(105)59(25(9-87)127-77)139-73-45(109)37(101)55(21(5-83)123-73)135-71-43(107)35(99)57(23(7-85)121-71)137-75-47(111)39(103)61(141-79)27(11-89)125-75)133-33(97)3-4-34(98)134-70-54(118)82-132-32(16-94)66(70)146-78-50(114)42(106)60(26(10-88)128-78)140-74-46(110)38(102)56(22(6-84)124-74)136-72-44(108)36(100)58(24(8-86)122-72)138-76-48(112)40(104)62(28(12-90)126-76)142-80-52(116)68(120-18-20(2)96)64(144-82)30(14-92)130-80/h19-32,35-96,99-118H,3-18H2,1-2H3/t19?,20?,21-,22-,23-,24-,25-,26-,27-,28-,29-,30-,31-,32-,35-,36-,37-,38-,39-,40-,41-,42-,43-,44-,45-,46-,47-,48-,49-,50-,51-,52-,53-,54-,55-,56-,57-,58-,59-,60-,61-,62-,63+,64+,65+,66+,67-,68-,69-,70-,71-,72-,73-,74-,75-,76-,77-,78-,79-,80-,81-,82-/m1/s1. The van der Waals surface area contributed by atoms with Crippen molar-refractivity contribution in [1.82, 2.24) is 0 Å². The highest BCUT2D eigenvalue weighted by Crippen LogP contribution is 2.45. The summed E-state index contributed by atoms with van der Waals surface area (Å²) in [6.07, 6.45) is -138. The maximum Gasteiger partial charge on any atom is 0.306 e. The van der Waals surface area contributed by atoms with Crippen LogP contribution in [0.2, 0.25) is 0 Å². The van der Waals surface area contributed by atoms with Crippen LogP contribution in [-0.4, -0.2) is 659 Å². The van der Waals surface area contributed by atoms with Crippen LogP contribution in [0.25, 0.3) is 0 Å². The number of aliphatic hydroxyl groups is 34. The number of carbonyl (C=O) groups is 2. The van der Waals surface area contributed by atoms with Gasteiger partial charge in [0.15, 0.2) is 87.7 Å². The highest BCUT2D eigenvalue weighted by molar-refractivity contribution is 5.78. The lowest BCUT2D eigenvalue weighted by atomic mass is 9.94. The van der Waals surface area contributed by atoms with Gasteiger partial charge in [0.05, 0.1) is 118 Å². The van der Waals surface area contributed by atoms with Crippen molar-refractivity contribution in [3.63, 3.8) is 0 Å². The Balaban J connectivity index is 0.772. The normalized spacial score (nSPS) is 51.7. The molecule has 62 atom stereocenters. The minimum absolute atomic E-state index is 0.759. The average Bonchev–Trinajstić information content (AvgIpc) is 0.775. The number of aliphatic hydroxyl groups excluding tert-OH is 34. The van der Waals surface area contributed by atoms with Crippen LogP contribution in [-0.2, 0) is 142 Å². The van der Waals surface area contributed by atoms with E-state index in [2.05, 4.69) is 0 Å². The molecule has 44 aliphatic heterocycles. The summed E-state index contributed by atoms with van der Waals surface area (Å²) in [4.78, 5) is 29.8. The molecule has 0 spiro atoms. The second-order valence-electron chi connectivity index (χ2n) is 37.4. The molecular formula is C82H134O64. The Kier molecular flexibility index (Phi) is 41.8. The van der Waals surface area contributed by atoms with Crippen molar-refractivity contribution in [1.29, 1.82) is 0 Å². The van der Waals surface area contributed by atoms with Gasteiger partial charge in [0.1, 0.15) is 281 Å². The average molecular weight is 2140 g/mol. The van der Waals surface area contributed by atoms with E-state index in [1.165, 1.54) is 13.8 Å². The Morgan fingerprint density at radius 3 is 0.452 bits per heavy atom. The van der Waals surface area contributed by atoms with Crippen LogP contribution in [0.5, 0.6) is 0 Å². The third-order valence-corrected chi connectivity index (χ3v) is 27.4. The molecule has 0 aromatic rings. The number of hydrogen-bond donors (Lipinski definition) is 34. The Labute approximate surface area is 825 Å². The molecule has 846 valence electrons. The van der Waals surface area contributed by atoms with Crippen LogP contribution in [0.3, 0.4) is 0 Å². The zero-order valence-corrected chi connectivity index (χ0v) is 77.6. The molecule has 44 fully saturated rings. The molecule has 0 saturated carbocycles. The zero-order valence-electron chi connectivity index (χ0n) is 77.6.